The van der Waals surface area contributed by atoms with Crippen molar-refractivity contribution in [3.63, 3.8) is 0 Å². The molecule has 0 spiro atoms. The lowest BCUT2D eigenvalue weighted by Crippen LogP contribution is -2.52. The number of aliphatic hydroxyl groups excluding tert-OH is 1. The molecule has 1 aromatic carbocycles. The molecule has 7 heteroatoms. The second-order valence-corrected chi connectivity index (χ2v) is 6.26. The Balaban J connectivity index is 1.81. The summed E-state index contributed by atoms with van der Waals surface area (Å²) in [6, 6.07) is 5.21. The molecular formula is C17H25N3O4. The fourth-order valence-electron chi connectivity index (χ4n) is 3.19. The molecule has 0 aromatic heterocycles. The maximum Gasteiger partial charge on any atom is 0.254 e. The summed E-state index contributed by atoms with van der Waals surface area (Å²) >= 11 is 0. The largest absolute Gasteiger partial charge is 0.495 e. The first-order valence-electron chi connectivity index (χ1n) is 8.34. The van der Waals surface area contributed by atoms with Crippen molar-refractivity contribution < 1.29 is 19.4 Å². The molecule has 2 fully saturated rings. The highest BCUT2D eigenvalue weighted by atomic mass is 16.5. The Labute approximate surface area is 141 Å². The van der Waals surface area contributed by atoms with Crippen LogP contribution in [0.15, 0.2) is 18.2 Å². The van der Waals surface area contributed by atoms with E-state index in [1.807, 2.05) is 12.1 Å². The Kier molecular flexibility index (Phi) is 5.23. The summed E-state index contributed by atoms with van der Waals surface area (Å²) in [7, 11) is 1.63. The van der Waals surface area contributed by atoms with Gasteiger partial charge in [-0.05, 0) is 24.6 Å². The molecule has 2 atom stereocenters. The van der Waals surface area contributed by atoms with E-state index in [1.54, 1.807) is 18.1 Å². The average Bonchev–Trinajstić information content (AvgIpc) is 2.63. The van der Waals surface area contributed by atoms with Crippen molar-refractivity contribution in [3.05, 3.63) is 23.8 Å². The molecule has 1 aromatic rings. The molecule has 132 valence electrons. The Bertz CT molecular complexity index is 589. The molecule has 0 aliphatic carbocycles. The molecule has 2 aliphatic rings. The van der Waals surface area contributed by atoms with Gasteiger partial charge in [-0.25, -0.2) is 0 Å². The second kappa shape index (κ2) is 7.38. The van der Waals surface area contributed by atoms with E-state index in [4.69, 9.17) is 15.2 Å². The first-order chi connectivity index (χ1) is 11.6. The molecule has 0 saturated carbocycles. The molecule has 0 unspecified atom stereocenters. The molecule has 2 aliphatic heterocycles. The number of hydrogen-bond acceptors (Lipinski definition) is 6. The molecule has 0 bridgehead atoms. The van der Waals surface area contributed by atoms with Gasteiger partial charge in [0.2, 0.25) is 0 Å². The zero-order valence-electron chi connectivity index (χ0n) is 14.0. The highest BCUT2D eigenvalue weighted by Crippen LogP contribution is 2.30. The molecule has 3 N–H and O–H groups in total. The smallest absolute Gasteiger partial charge is 0.254 e. The van der Waals surface area contributed by atoms with E-state index < -0.39 is 6.10 Å². The standard InChI is InChI=1S/C17H25N3O4/c1-23-16-3-2-12(10-14(16)19-6-8-24-9-7-19)17(22)20-5-4-13(18)15(21)11-20/h2-3,10,13,15,21H,4-9,11,18H2,1H3/t13-,15-/m1/s1. The van der Waals surface area contributed by atoms with Crippen molar-refractivity contribution in [1.29, 1.82) is 0 Å². The number of hydrogen-bond donors (Lipinski definition) is 2. The number of anilines is 1. The number of morpholine rings is 1. The number of carbonyl (C=O) groups excluding carboxylic acids is 1. The Morgan fingerprint density at radius 2 is 2.08 bits per heavy atom. The molecule has 1 amide bonds. The first kappa shape index (κ1) is 17.0. The number of likely N-dealkylation sites (tertiary alicyclic amines) is 1. The third-order valence-corrected chi connectivity index (χ3v) is 4.70. The Morgan fingerprint density at radius 3 is 2.75 bits per heavy atom. The summed E-state index contributed by atoms with van der Waals surface area (Å²) in [6.07, 6.45) is -0.0565. The van der Waals surface area contributed by atoms with Crippen molar-refractivity contribution in [3.8, 4) is 5.75 Å². The number of rotatable bonds is 3. The van der Waals surface area contributed by atoms with Crippen LogP contribution >= 0.6 is 0 Å². The summed E-state index contributed by atoms with van der Waals surface area (Å²) in [5.41, 5.74) is 7.32. The van der Waals surface area contributed by atoms with Crippen LogP contribution in [0.2, 0.25) is 0 Å². The van der Waals surface area contributed by atoms with E-state index in [2.05, 4.69) is 4.90 Å². The number of piperidine rings is 1. The monoisotopic (exact) mass is 335 g/mol. The van der Waals surface area contributed by atoms with Crippen molar-refractivity contribution in [2.24, 2.45) is 5.73 Å². The summed E-state index contributed by atoms with van der Waals surface area (Å²) in [6.45, 7) is 3.71. The van der Waals surface area contributed by atoms with Crippen molar-refractivity contribution in [2.75, 3.05) is 51.4 Å². The van der Waals surface area contributed by atoms with Gasteiger partial charge in [-0.3, -0.25) is 4.79 Å². The molecule has 2 heterocycles. The maximum absolute atomic E-state index is 12.8. The highest BCUT2D eigenvalue weighted by molar-refractivity contribution is 5.95. The lowest BCUT2D eigenvalue weighted by Gasteiger charge is -2.34. The van der Waals surface area contributed by atoms with Crippen LogP contribution in [0.4, 0.5) is 5.69 Å². The van der Waals surface area contributed by atoms with E-state index >= 15 is 0 Å². The average molecular weight is 335 g/mol. The predicted octanol–water partition coefficient (Wildman–Crippen LogP) is 0.0659. The van der Waals surface area contributed by atoms with Gasteiger partial charge in [-0.15, -0.1) is 0 Å². The highest BCUT2D eigenvalue weighted by Gasteiger charge is 2.29. The van der Waals surface area contributed by atoms with E-state index in [1.165, 1.54) is 0 Å². The quantitative estimate of drug-likeness (QED) is 0.812. The SMILES string of the molecule is COc1ccc(C(=O)N2CC[C@@H](N)[C@H](O)C2)cc1N1CCOCC1. The van der Waals surface area contributed by atoms with Crippen molar-refractivity contribution in [2.45, 2.75) is 18.6 Å². The van der Waals surface area contributed by atoms with Gasteiger partial charge in [0, 0.05) is 37.8 Å². The third-order valence-electron chi connectivity index (χ3n) is 4.70. The number of amides is 1. The lowest BCUT2D eigenvalue weighted by atomic mass is 10.0. The van der Waals surface area contributed by atoms with Crippen molar-refractivity contribution >= 4 is 11.6 Å². The van der Waals surface area contributed by atoms with Gasteiger partial charge in [-0.2, -0.15) is 0 Å². The molecule has 7 nitrogen and oxygen atoms in total. The maximum atomic E-state index is 12.8. The first-order valence-corrected chi connectivity index (χ1v) is 8.34. The number of β-amino-alcohol motifs (C(OH)–C–C–N with tert-alkyl or cyclic N) is 1. The van der Waals surface area contributed by atoms with Crippen LogP contribution in [0.1, 0.15) is 16.8 Å². The Hall–Kier alpha value is -1.83. The Morgan fingerprint density at radius 1 is 1.33 bits per heavy atom. The van der Waals surface area contributed by atoms with Gasteiger partial charge in [0.25, 0.3) is 5.91 Å². The van der Waals surface area contributed by atoms with Crippen LogP contribution in [0, 0.1) is 0 Å². The zero-order chi connectivity index (χ0) is 17.1. The van der Waals surface area contributed by atoms with E-state index in [0.717, 1.165) is 24.5 Å². The van der Waals surface area contributed by atoms with Crippen LogP contribution in [0.25, 0.3) is 0 Å². The molecule has 3 rings (SSSR count). The number of aliphatic hydroxyl groups is 1. The number of methoxy groups -OCH3 is 1. The number of nitrogens with two attached hydrogens (primary N) is 1. The summed E-state index contributed by atoms with van der Waals surface area (Å²) < 4.78 is 10.8. The lowest BCUT2D eigenvalue weighted by molar-refractivity contribution is 0.0395. The molecular weight excluding hydrogens is 310 g/mol. The van der Waals surface area contributed by atoms with Gasteiger partial charge in [0.1, 0.15) is 5.75 Å². The third kappa shape index (κ3) is 3.48. The van der Waals surface area contributed by atoms with Crippen molar-refractivity contribution in [1.82, 2.24) is 4.90 Å². The van der Waals surface area contributed by atoms with E-state index in [9.17, 15) is 9.90 Å². The molecule has 0 radical (unpaired) electrons. The predicted molar refractivity (Wildman–Crippen MR) is 90.5 cm³/mol. The topological polar surface area (TPSA) is 88.3 Å². The van der Waals surface area contributed by atoms with Crippen LogP contribution in [-0.4, -0.2) is 74.6 Å². The van der Waals surface area contributed by atoms with Gasteiger partial charge >= 0.3 is 0 Å². The van der Waals surface area contributed by atoms with Gasteiger partial charge in [0.15, 0.2) is 0 Å². The van der Waals surface area contributed by atoms with Gasteiger partial charge in [0.05, 0.1) is 32.1 Å². The molecule has 2 saturated heterocycles. The normalized spacial score (nSPS) is 24.8. The van der Waals surface area contributed by atoms with Crippen LogP contribution in [-0.2, 0) is 4.74 Å². The van der Waals surface area contributed by atoms with E-state index in [0.29, 0.717) is 31.7 Å². The number of nitrogens with zero attached hydrogens (tertiary/aromatic N) is 2. The second-order valence-electron chi connectivity index (χ2n) is 6.26. The fourth-order valence-corrected chi connectivity index (χ4v) is 3.19. The van der Waals surface area contributed by atoms with Crippen LogP contribution in [0.5, 0.6) is 5.75 Å². The van der Waals surface area contributed by atoms with Gasteiger partial charge < -0.3 is 30.1 Å². The minimum absolute atomic E-state index is 0.0851. The van der Waals surface area contributed by atoms with E-state index in [-0.39, 0.29) is 18.5 Å². The minimum atomic E-state index is -0.667. The zero-order valence-corrected chi connectivity index (χ0v) is 14.0. The summed E-state index contributed by atoms with van der Waals surface area (Å²) in [4.78, 5) is 16.6. The van der Waals surface area contributed by atoms with Crippen LogP contribution < -0.4 is 15.4 Å². The number of benzene rings is 1. The fraction of sp³-hybridized carbons (Fsp3) is 0.588. The number of ether oxygens (including phenoxy) is 2. The summed E-state index contributed by atoms with van der Waals surface area (Å²) in [5, 5.41) is 9.92. The number of carbonyl (C=O) groups is 1. The summed E-state index contributed by atoms with van der Waals surface area (Å²) in [5.74, 6) is 0.660. The van der Waals surface area contributed by atoms with Gasteiger partial charge in [-0.1, -0.05) is 0 Å². The molecule has 24 heavy (non-hydrogen) atoms. The van der Waals surface area contributed by atoms with Crippen LogP contribution in [0.3, 0.4) is 0 Å². The minimum Gasteiger partial charge on any atom is -0.495 e.